The van der Waals surface area contributed by atoms with Crippen molar-refractivity contribution in [1.29, 1.82) is 0 Å². The molecule has 1 saturated carbocycles. The first-order valence-electron chi connectivity index (χ1n) is 14.0. The number of aliphatic hydroxyl groups is 2. The summed E-state index contributed by atoms with van der Waals surface area (Å²) in [5, 5.41) is 29.9. The minimum Gasteiger partial charge on any atom is -0.481 e. The zero-order chi connectivity index (χ0) is 30.9. The topological polar surface area (TPSA) is 143 Å². The van der Waals surface area contributed by atoms with Crippen molar-refractivity contribution in [3.8, 4) is 11.1 Å². The Labute approximate surface area is 249 Å². The van der Waals surface area contributed by atoms with Crippen LogP contribution in [0.1, 0.15) is 54.5 Å². The van der Waals surface area contributed by atoms with Gasteiger partial charge in [0.2, 0.25) is 0 Å². The molecule has 0 saturated heterocycles. The first-order chi connectivity index (χ1) is 20.7. The molecular weight excluding hydrogens is 551 g/mol. The summed E-state index contributed by atoms with van der Waals surface area (Å²) in [5.41, 5.74) is 10.8. The van der Waals surface area contributed by atoms with Gasteiger partial charge in [-0.15, -0.1) is 0 Å². The highest BCUT2D eigenvalue weighted by Crippen LogP contribution is 2.45. The molecule has 0 aliphatic heterocycles. The van der Waals surface area contributed by atoms with E-state index in [-0.39, 0.29) is 12.2 Å². The maximum Gasteiger partial charge on any atom is 0.327 e. The standard InChI is InChI=1S/C25H24FNO4.C9H11NO2/c26-17-9-7-15(8-10-17)24-20-3-1-2-4-22(20)27-25(16-5-6-16)21(24)12-11-18(28)13-19(29)14-23(30)31;1-12-9(11)8(10)7-5-3-2-4-6-7/h1-4,7-12,16,18-19,28-29H,5-6,13-14H2,(H,30,31);2-6,8H,10H2,1H3/b12-11+;/t18-,19-;8-/m10/s1. The van der Waals surface area contributed by atoms with E-state index in [1.54, 1.807) is 36.4 Å². The van der Waals surface area contributed by atoms with Crippen LogP contribution in [0.4, 0.5) is 4.39 Å². The third kappa shape index (κ3) is 8.54. The Bertz CT molecular complexity index is 1570. The molecule has 9 heteroatoms. The Morgan fingerprint density at radius 2 is 1.67 bits per heavy atom. The van der Waals surface area contributed by atoms with Crippen LogP contribution >= 0.6 is 0 Å². The van der Waals surface area contributed by atoms with Crippen LogP contribution in [0.2, 0.25) is 0 Å². The number of carboxylic acid groups (broad SMARTS) is 1. The number of aliphatic carboxylic acids is 1. The molecule has 1 aliphatic carbocycles. The smallest absolute Gasteiger partial charge is 0.327 e. The predicted molar refractivity (Wildman–Crippen MR) is 162 cm³/mol. The molecule has 43 heavy (non-hydrogen) atoms. The molecule has 1 heterocycles. The van der Waals surface area contributed by atoms with Gasteiger partial charge in [0.1, 0.15) is 11.9 Å². The fraction of sp³-hybridized carbons (Fsp3) is 0.265. The quantitative estimate of drug-likeness (QED) is 0.182. The number of pyridine rings is 1. The summed E-state index contributed by atoms with van der Waals surface area (Å²) in [6, 6.07) is 22.6. The Kier molecular flexibility index (Phi) is 10.7. The number of hydrogen-bond donors (Lipinski definition) is 4. The van der Waals surface area contributed by atoms with E-state index >= 15 is 0 Å². The number of aliphatic hydroxyl groups excluding tert-OH is 2. The molecular formula is C34H35FN2O6. The van der Waals surface area contributed by atoms with Crippen molar-refractivity contribution in [3.63, 3.8) is 0 Å². The molecule has 3 atom stereocenters. The fourth-order valence-electron chi connectivity index (χ4n) is 4.78. The third-order valence-corrected chi connectivity index (χ3v) is 7.08. The zero-order valence-corrected chi connectivity index (χ0v) is 23.8. The number of carboxylic acids is 1. The fourth-order valence-corrected chi connectivity index (χ4v) is 4.78. The number of halogens is 1. The summed E-state index contributed by atoms with van der Waals surface area (Å²) in [6.07, 6.45) is 2.80. The maximum atomic E-state index is 13.6. The lowest BCUT2D eigenvalue weighted by Gasteiger charge is -2.16. The number of nitrogens with two attached hydrogens (primary N) is 1. The van der Waals surface area contributed by atoms with E-state index in [0.29, 0.717) is 5.92 Å². The number of ether oxygens (including phenoxy) is 1. The molecule has 0 bridgehead atoms. The highest BCUT2D eigenvalue weighted by atomic mass is 19.1. The molecule has 3 aromatic carbocycles. The van der Waals surface area contributed by atoms with Gasteiger partial charge in [-0.25, -0.2) is 4.39 Å². The van der Waals surface area contributed by atoms with Gasteiger partial charge in [-0.1, -0.05) is 72.8 Å². The van der Waals surface area contributed by atoms with Crippen molar-refractivity contribution in [1.82, 2.24) is 4.98 Å². The van der Waals surface area contributed by atoms with Gasteiger partial charge in [-0.05, 0) is 42.2 Å². The molecule has 0 amide bonds. The van der Waals surface area contributed by atoms with Crippen LogP contribution in [0.15, 0.2) is 84.9 Å². The van der Waals surface area contributed by atoms with E-state index in [9.17, 15) is 24.2 Å². The van der Waals surface area contributed by atoms with Crippen LogP contribution in [0, 0.1) is 5.82 Å². The largest absolute Gasteiger partial charge is 0.481 e. The van der Waals surface area contributed by atoms with E-state index in [4.69, 9.17) is 15.8 Å². The highest BCUT2D eigenvalue weighted by molar-refractivity contribution is 5.99. The number of para-hydroxylation sites is 1. The average molecular weight is 587 g/mol. The number of esters is 1. The van der Waals surface area contributed by atoms with Gasteiger partial charge in [0.25, 0.3) is 0 Å². The first-order valence-corrected chi connectivity index (χ1v) is 14.0. The van der Waals surface area contributed by atoms with E-state index in [1.807, 2.05) is 42.5 Å². The molecule has 1 fully saturated rings. The predicted octanol–water partition coefficient (Wildman–Crippen LogP) is 5.38. The molecule has 224 valence electrons. The van der Waals surface area contributed by atoms with E-state index < -0.39 is 36.6 Å². The van der Waals surface area contributed by atoms with Crippen molar-refractivity contribution in [3.05, 3.63) is 108 Å². The van der Waals surface area contributed by atoms with Crippen LogP contribution < -0.4 is 5.73 Å². The summed E-state index contributed by atoms with van der Waals surface area (Å²) < 4.78 is 18.1. The number of carbonyl (C=O) groups is 2. The molecule has 4 aromatic rings. The third-order valence-electron chi connectivity index (χ3n) is 7.08. The molecule has 0 radical (unpaired) electrons. The van der Waals surface area contributed by atoms with Crippen molar-refractivity contribution < 1.29 is 34.0 Å². The van der Waals surface area contributed by atoms with Crippen LogP contribution in [-0.2, 0) is 14.3 Å². The lowest BCUT2D eigenvalue weighted by Crippen LogP contribution is -2.22. The zero-order valence-electron chi connectivity index (χ0n) is 23.8. The van der Waals surface area contributed by atoms with Crippen LogP contribution in [0.5, 0.6) is 0 Å². The maximum absolute atomic E-state index is 13.6. The Hall–Kier alpha value is -4.44. The Balaban J connectivity index is 0.000000296. The van der Waals surface area contributed by atoms with Crippen molar-refractivity contribution >= 4 is 28.9 Å². The normalized spacial score (nSPS) is 14.9. The van der Waals surface area contributed by atoms with Gasteiger partial charge in [0.15, 0.2) is 0 Å². The monoisotopic (exact) mass is 586 g/mol. The lowest BCUT2D eigenvalue weighted by molar-refractivity contribution is -0.142. The minimum absolute atomic E-state index is 0.0749. The molecule has 5 rings (SSSR count). The molecule has 1 aromatic heterocycles. The van der Waals surface area contributed by atoms with Gasteiger partial charge >= 0.3 is 11.9 Å². The second kappa shape index (κ2) is 14.6. The van der Waals surface area contributed by atoms with Gasteiger partial charge in [-0.3, -0.25) is 14.6 Å². The van der Waals surface area contributed by atoms with Gasteiger partial charge < -0.3 is 25.8 Å². The van der Waals surface area contributed by atoms with Crippen molar-refractivity contribution in [2.75, 3.05) is 7.11 Å². The van der Waals surface area contributed by atoms with Gasteiger partial charge in [-0.2, -0.15) is 0 Å². The number of aromatic nitrogens is 1. The summed E-state index contributed by atoms with van der Waals surface area (Å²) in [4.78, 5) is 26.6. The second-order valence-corrected chi connectivity index (χ2v) is 10.4. The van der Waals surface area contributed by atoms with Gasteiger partial charge in [0, 0.05) is 28.9 Å². The summed E-state index contributed by atoms with van der Waals surface area (Å²) >= 11 is 0. The van der Waals surface area contributed by atoms with E-state index in [1.165, 1.54) is 19.2 Å². The van der Waals surface area contributed by atoms with Crippen molar-refractivity contribution in [2.45, 2.75) is 49.9 Å². The number of nitrogens with zero attached hydrogens (tertiary/aromatic N) is 1. The van der Waals surface area contributed by atoms with Crippen LogP contribution in [-0.4, -0.2) is 51.6 Å². The Morgan fingerprint density at radius 3 is 2.30 bits per heavy atom. The summed E-state index contributed by atoms with van der Waals surface area (Å²) in [7, 11) is 1.32. The SMILES string of the molecule is COC(=O)[C@@H](N)c1ccccc1.O=C(O)C[C@H](O)C[C@H](O)/C=C/c1c(C2CC2)nc2ccccc2c1-c1ccc(F)cc1. The molecule has 0 unspecified atom stereocenters. The summed E-state index contributed by atoms with van der Waals surface area (Å²) in [6.45, 7) is 0. The number of carbonyl (C=O) groups excluding carboxylic acids is 1. The number of fused-ring (bicyclic) bond motifs is 1. The van der Waals surface area contributed by atoms with Crippen LogP contribution in [0.3, 0.4) is 0 Å². The highest BCUT2D eigenvalue weighted by Gasteiger charge is 2.29. The first kappa shape index (κ1) is 31.5. The van der Waals surface area contributed by atoms with Crippen LogP contribution in [0.25, 0.3) is 28.1 Å². The Morgan fingerprint density at radius 1 is 1.02 bits per heavy atom. The second-order valence-electron chi connectivity index (χ2n) is 10.4. The number of rotatable bonds is 10. The molecule has 0 spiro atoms. The average Bonchev–Trinajstić information content (AvgIpc) is 3.85. The van der Waals surface area contributed by atoms with E-state index in [0.717, 1.165) is 51.7 Å². The minimum atomic E-state index is -1.13. The lowest BCUT2D eigenvalue weighted by atomic mass is 9.92. The summed E-state index contributed by atoms with van der Waals surface area (Å²) in [5.74, 6) is -1.51. The molecule has 5 N–H and O–H groups in total. The van der Waals surface area contributed by atoms with Crippen molar-refractivity contribution in [2.24, 2.45) is 5.73 Å². The number of benzene rings is 3. The number of methoxy groups -OCH3 is 1. The molecule has 1 aliphatic rings. The number of hydrogen-bond acceptors (Lipinski definition) is 7. The van der Waals surface area contributed by atoms with E-state index in [2.05, 4.69) is 4.74 Å². The molecule has 8 nitrogen and oxygen atoms in total. The van der Waals surface area contributed by atoms with Gasteiger partial charge in [0.05, 0.1) is 36.9 Å².